The molecule has 1 aromatic rings. The Morgan fingerprint density at radius 3 is 2.71 bits per heavy atom. The molecule has 0 aromatic carbocycles. The summed E-state index contributed by atoms with van der Waals surface area (Å²) in [7, 11) is 2.05. The fourth-order valence-corrected chi connectivity index (χ4v) is 3.30. The first-order valence-electron chi connectivity index (χ1n) is 8.88. The molecule has 1 aromatic heterocycles. The quantitative estimate of drug-likeness (QED) is 0.827. The molecule has 0 unspecified atom stereocenters. The molecule has 2 fully saturated rings. The van der Waals surface area contributed by atoms with E-state index in [0.29, 0.717) is 32.0 Å². The Hall–Kier alpha value is -1.66. The van der Waals surface area contributed by atoms with Gasteiger partial charge in [-0.25, -0.2) is 0 Å². The molecule has 2 aliphatic rings. The molecule has 132 valence electrons. The van der Waals surface area contributed by atoms with Crippen LogP contribution in [0.2, 0.25) is 0 Å². The van der Waals surface area contributed by atoms with E-state index in [4.69, 9.17) is 9.47 Å². The molecular formula is C18H27N3O3. The highest BCUT2D eigenvalue weighted by atomic mass is 16.7. The third-order valence-corrected chi connectivity index (χ3v) is 4.88. The monoisotopic (exact) mass is 333 g/mol. The van der Waals surface area contributed by atoms with E-state index in [1.54, 1.807) is 6.20 Å². The van der Waals surface area contributed by atoms with Crippen LogP contribution < -0.4 is 4.90 Å². The van der Waals surface area contributed by atoms with E-state index in [9.17, 15) is 4.79 Å². The number of amides is 1. The van der Waals surface area contributed by atoms with Crippen molar-refractivity contribution >= 4 is 11.6 Å². The molecule has 2 saturated heterocycles. The molecule has 6 nitrogen and oxygen atoms in total. The lowest BCUT2D eigenvalue weighted by atomic mass is 10.0. The number of carbonyl (C=O) groups is 1. The fraction of sp³-hybridized carbons (Fsp3) is 0.667. The number of piperidine rings is 1. The zero-order chi connectivity index (χ0) is 17.0. The van der Waals surface area contributed by atoms with E-state index in [-0.39, 0.29) is 5.91 Å². The van der Waals surface area contributed by atoms with Crippen LogP contribution in [0.15, 0.2) is 18.3 Å². The van der Waals surface area contributed by atoms with Crippen LogP contribution >= 0.6 is 0 Å². The fourth-order valence-electron chi connectivity index (χ4n) is 3.30. The highest BCUT2D eigenvalue weighted by molar-refractivity contribution is 5.93. The minimum absolute atomic E-state index is 0.00594. The average molecular weight is 333 g/mol. The van der Waals surface area contributed by atoms with Crippen molar-refractivity contribution in [2.24, 2.45) is 0 Å². The van der Waals surface area contributed by atoms with Crippen LogP contribution in [0, 0.1) is 0 Å². The predicted molar refractivity (Wildman–Crippen MR) is 92.2 cm³/mol. The van der Waals surface area contributed by atoms with Crippen LogP contribution in [-0.4, -0.2) is 61.5 Å². The number of hydrogen-bond acceptors (Lipinski definition) is 5. The first kappa shape index (κ1) is 17.2. The number of ether oxygens (including phenoxy) is 2. The Labute approximate surface area is 143 Å². The third kappa shape index (κ3) is 3.70. The number of hydrogen-bond donors (Lipinski definition) is 0. The van der Waals surface area contributed by atoms with Gasteiger partial charge in [0.2, 0.25) is 0 Å². The van der Waals surface area contributed by atoms with Gasteiger partial charge in [0.25, 0.3) is 5.91 Å². The lowest BCUT2D eigenvalue weighted by Crippen LogP contribution is -2.47. The number of nitrogens with zero attached hydrogens (tertiary/aromatic N) is 3. The summed E-state index contributed by atoms with van der Waals surface area (Å²) in [6.45, 7) is 5.77. The first-order valence-corrected chi connectivity index (χ1v) is 8.88. The standard InChI is InChI=1S/C18H27N3O3/c1-3-4-9-20(2)15-5-8-19-16(14-15)17(22)21-10-6-18(7-11-21)23-12-13-24-18/h5,8,14H,3-4,6-7,9-13H2,1-2H3. The van der Waals surface area contributed by atoms with Crippen LogP contribution in [0.1, 0.15) is 43.1 Å². The van der Waals surface area contributed by atoms with Gasteiger partial charge in [-0.15, -0.1) is 0 Å². The Morgan fingerprint density at radius 1 is 1.33 bits per heavy atom. The second kappa shape index (κ2) is 7.49. The van der Waals surface area contributed by atoms with Gasteiger partial charge in [0, 0.05) is 51.4 Å². The molecule has 0 bridgehead atoms. The molecule has 1 amide bonds. The summed E-state index contributed by atoms with van der Waals surface area (Å²) in [4.78, 5) is 21.1. The second-order valence-corrected chi connectivity index (χ2v) is 6.57. The molecule has 0 saturated carbocycles. The van der Waals surface area contributed by atoms with Gasteiger partial charge in [-0.3, -0.25) is 9.78 Å². The Balaban J connectivity index is 1.63. The first-order chi connectivity index (χ1) is 11.6. The van der Waals surface area contributed by atoms with Crippen molar-refractivity contribution in [2.75, 3.05) is 44.8 Å². The SMILES string of the molecule is CCCCN(C)c1ccnc(C(=O)N2CCC3(CC2)OCCO3)c1. The molecule has 0 atom stereocenters. The van der Waals surface area contributed by atoms with Gasteiger partial charge in [0.15, 0.2) is 5.79 Å². The lowest BCUT2D eigenvalue weighted by Gasteiger charge is -2.37. The van der Waals surface area contributed by atoms with E-state index in [1.807, 2.05) is 17.0 Å². The molecule has 6 heteroatoms. The Morgan fingerprint density at radius 2 is 2.04 bits per heavy atom. The maximum Gasteiger partial charge on any atom is 0.272 e. The summed E-state index contributed by atoms with van der Waals surface area (Å²) in [6, 6.07) is 3.85. The van der Waals surface area contributed by atoms with Crippen molar-refractivity contribution < 1.29 is 14.3 Å². The smallest absolute Gasteiger partial charge is 0.272 e. The predicted octanol–water partition coefficient (Wildman–Crippen LogP) is 2.30. The summed E-state index contributed by atoms with van der Waals surface area (Å²) in [5, 5.41) is 0. The van der Waals surface area contributed by atoms with Gasteiger partial charge >= 0.3 is 0 Å². The molecule has 0 aliphatic carbocycles. The molecule has 24 heavy (non-hydrogen) atoms. The Kier molecular flexibility index (Phi) is 5.36. The van der Waals surface area contributed by atoms with E-state index in [1.165, 1.54) is 0 Å². The van der Waals surface area contributed by atoms with Gasteiger partial charge in [0.1, 0.15) is 5.69 Å². The zero-order valence-corrected chi connectivity index (χ0v) is 14.7. The minimum Gasteiger partial charge on any atom is -0.374 e. The summed E-state index contributed by atoms with van der Waals surface area (Å²) in [6.07, 6.45) is 5.47. The van der Waals surface area contributed by atoms with Crippen molar-refractivity contribution in [2.45, 2.75) is 38.4 Å². The molecule has 3 heterocycles. The zero-order valence-electron chi connectivity index (χ0n) is 14.7. The molecule has 0 radical (unpaired) electrons. The summed E-state index contributed by atoms with van der Waals surface area (Å²) >= 11 is 0. The van der Waals surface area contributed by atoms with Crippen molar-refractivity contribution in [1.82, 2.24) is 9.88 Å². The number of pyridine rings is 1. The molecule has 1 spiro atoms. The van der Waals surface area contributed by atoms with E-state index >= 15 is 0 Å². The maximum atomic E-state index is 12.8. The van der Waals surface area contributed by atoms with Crippen LogP contribution in [0.3, 0.4) is 0 Å². The second-order valence-electron chi connectivity index (χ2n) is 6.57. The lowest BCUT2D eigenvalue weighted by molar-refractivity contribution is -0.181. The number of carbonyl (C=O) groups excluding carboxylic acids is 1. The molecular weight excluding hydrogens is 306 g/mol. The number of rotatable bonds is 5. The van der Waals surface area contributed by atoms with Crippen molar-refractivity contribution in [3.63, 3.8) is 0 Å². The van der Waals surface area contributed by atoms with Crippen LogP contribution in [0.25, 0.3) is 0 Å². The topological polar surface area (TPSA) is 54.9 Å². The van der Waals surface area contributed by atoms with Gasteiger partial charge < -0.3 is 19.3 Å². The van der Waals surface area contributed by atoms with Gasteiger partial charge in [-0.2, -0.15) is 0 Å². The van der Waals surface area contributed by atoms with E-state index in [0.717, 1.165) is 37.9 Å². The summed E-state index contributed by atoms with van der Waals surface area (Å²) < 4.78 is 11.4. The van der Waals surface area contributed by atoms with Crippen LogP contribution in [0.4, 0.5) is 5.69 Å². The number of unbranched alkanes of at least 4 members (excludes halogenated alkanes) is 1. The normalized spacial score (nSPS) is 19.7. The maximum absolute atomic E-state index is 12.8. The van der Waals surface area contributed by atoms with Crippen molar-refractivity contribution in [3.05, 3.63) is 24.0 Å². The number of anilines is 1. The van der Waals surface area contributed by atoms with Gasteiger partial charge in [-0.1, -0.05) is 13.3 Å². The molecule has 2 aliphatic heterocycles. The van der Waals surface area contributed by atoms with Gasteiger partial charge in [-0.05, 0) is 18.6 Å². The van der Waals surface area contributed by atoms with Crippen molar-refractivity contribution in [3.8, 4) is 0 Å². The molecule has 3 rings (SSSR count). The van der Waals surface area contributed by atoms with Crippen LogP contribution in [0.5, 0.6) is 0 Å². The summed E-state index contributed by atoms with van der Waals surface area (Å²) in [5.74, 6) is -0.458. The average Bonchev–Trinajstić information content (AvgIpc) is 3.08. The minimum atomic E-state index is -0.452. The van der Waals surface area contributed by atoms with E-state index < -0.39 is 5.79 Å². The Bertz CT molecular complexity index is 562. The number of aromatic nitrogens is 1. The highest BCUT2D eigenvalue weighted by Crippen LogP contribution is 2.31. The largest absolute Gasteiger partial charge is 0.374 e. The van der Waals surface area contributed by atoms with Gasteiger partial charge in [0.05, 0.1) is 13.2 Å². The van der Waals surface area contributed by atoms with Crippen LogP contribution in [-0.2, 0) is 9.47 Å². The highest BCUT2D eigenvalue weighted by Gasteiger charge is 2.41. The summed E-state index contributed by atoms with van der Waals surface area (Å²) in [5.41, 5.74) is 1.55. The third-order valence-electron chi connectivity index (χ3n) is 4.88. The number of likely N-dealkylation sites (tertiary alicyclic amines) is 1. The van der Waals surface area contributed by atoms with E-state index in [2.05, 4.69) is 23.9 Å². The van der Waals surface area contributed by atoms with Crippen molar-refractivity contribution in [1.29, 1.82) is 0 Å². The molecule has 0 N–H and O–H groups in total.